The lowest BCUT2D eigenvalue weighted by atomic mass is 10.0. The Bertz CT molecular complexity index is 1800. The van der Waals surface area contributed by atoms with E-state index in [4.69, 9.17) is 29.2 Å². The monoisotopic (exact) mass is 719 g/mol. The summed E-state index contributed by atoms with van der Waals surface area (Å²) in [6.07, 6.45) is -2.53. The Kier molecular flexibility index (Phi) is 11.3. The number of β-lactam (4-membered cyclic amide) rings is 1. The number of benzene rings is 2. The summed E-state index contributed by atoms with van der Waals surface area (Å²) < 4.78 is 22.0. The Morgan fingerprint density at radius 1 is 1.02 bits per heavy atom. The standard InChI is InChI=1S/C35H37N5O10S/c1-35(2,3)50-34(45)37-17-23-15-16-24(48-23)25(39-46-4)29(41)38-26-30(42)40-27(22(18-47-33(36)44)19-51-31(26)40)32(43)49-28(20-11-7-5-8-12-20)21-13-9-6-10-14-21/h5-16,26,28,31H,17-19H2,1-4H3,(H2,36,44)(H,37,45)(H,38,41)/t26-,31+/m1/s1. The number of carbonyl (C=O) groups is 5. The van der Waals surface area contributed by atoms with Gasteiger partial charge >= 0.3 is 18.2 Å². The van der Waals surface area contributed by atoms with Gasteiger partial charge < -0.3 is 39.8 Å². The molecule has 5 rings (SSSR count). The first-order valence-corrected chi connectivity index (χ1v) is 16.8. The van der Waals surface area contributed by atoms with Gasteiger partial charge in [0.05, 0.1) is 6.54 Å². The van der Waals surface area contributed by atoms with Crippen LogP contribution in [0.5, 0.6) is 0 Å². The zero-order valence-corrected chi connectivity index (χ0v) is 29.1. The Labute approximate surface area is 297 Å². The minimum absolute atomic E-state index is 0.0122. The van der Waals surface area contributed by atoms with Gasteiger partial charge in [0.2, 0.25) is 5.71 Å². The van der Waals surface area contributed by atoms with Gasteiger partial charge in [-0.2, -0.15) is 0 Å². The number of hydrogen-bond acceptors (Lipinski definition) is 12. The van der Waals surface area contributed by atoms with Crippen molar-refractivity contribution in [3.8, 4) is 0 Å². The van der Waals surface area contributed by atoms with E-state index < -0.39 is 53.1 Å². The molecule has 0 spiro atoms. The van der Waals surface area contributed by atoms with Crippen molar-refractivity contribution in [2.24, 2.45) is 10.9 Å². The average Bonchev–Trinajstić information content (AvgIpc) is 3.58. The van der Waals surface area contributed by atoms with Crippen LogP contribution in [0.3, 0.4) is 0 Å². The summed E-state index contributed by atoms with van der Waals surface area (Å²) in [5, 5.41) is 8.30. The molecule has 1 saturated heterocycles. The number of alkyl carbamates (subject to hydrolysis) is 1. The molecule has 0 radical (unpaired) electrons. The van der Waals surface area contributed by atoms with Gasteiger partial charge in [-0.3, -0.25) is 14.5 Å². The number of esters is 1. The SMILES string of the molecule is CON=C(C(=O)N[C@@H]1C(=O)N2C(C(=O)OC(c3ccccc3)c3ccccc3)=C(COC(N)=O)CS[C@@H]12)c1ccc(CNC(=O)OC(C)(C)C)o1. The molecule has 2 aliphatic rings. The van der Waals surface area contributed by atoms with Crippen LogP contribution < -0.4 is 16.4 Å². The van der Waals surface area contributed by atoms with E-state index in [0.29, 0.717) is 22.5 Å². The van der Waals surface area contributed by atoms with E-state index >= 15 is 0 Å². The highest BCUT2D eigenvalue weighted by Gasteiger charge is 2.55. The highest BCUT2D eigenvalue weighted by atomic mass is 32.2. The van der Waals surface area contributed by atoms with E-state index in [9.17, 15) is 24.0 Å². The number of oxime groups is 1. The molecular weight excluding hydrogens is 682 g/mol. The Morgan fingerprint density at radius 2 is 1.67 bits per heavy atom. The van der Waals surface area contributed by atoms with Crippen LogP contribution in [0.1, 0.15) is 49.5 Å². The molecule has 16 heteroatoms. The maximum Gasteiger partial charge on any atom is 0.408 e. The van der Waals surface area contributed by atoms with Gasteiger partial charge in [-0.1, -0.05) is 65.8 Å². The summed E-state index contributed by atoms with van der Waals surface area (Å²) in [5.41, 5.74) is 5.84. The number of hydrogen-bond donors (Lipinski definition) is 3. The average molecular weight is 720 g/mol. The molecule has 1 fully saturated rings. The first kappa shape index (κ1) is 36.5. The van der Waals surface area contributed by atoms with E-state index in [1.807, 2.05) is 60.7 Å². The lowest BCUT2D eigenvalue weighted by Gasteiger charge is -2.49. The number of primary amides is 1. The second-order valence-electron chi connectivity index (χ2n) is 12.3. The van der Waals surface area contributed by atoms with Crippen LogP contribution in [0.15, 0.2) is 93.6 Å². The topological polar surface area (TPSA) is 201 Å². The molecule has 4 amide bonds. The van der Waals surface area contributed by atoms with E-state index in [-0.39, 0.29) is 36.1 Å². The van der Waals surface area contributed by atoms with Crippen molar-refractivity contribution in [3.63, 3.8) is 0 Å². The molecule has 0 bridgehead atoms. The summed E-state index contributed by atoms with van der Waals surface area (Å²) in [5.74, 6) is -1.77. The number of furan rings is 1. The van der Waals surface area contributed by atoms with Crippen molar-refractivity contribution < 1.29 is 47.4 Å². The van der Waals surface area contributed by atoms with E-state index in [0.717, 1.165) is 0 Å². The van der Waals surface area contributed by atoms with Gasteiger partial charge in [-0.25, -0.2) is 14.4 Å². The molecule has 1 aromatic heterocycles. The molecule has 3 heterocycles. The summed E-state index contributed by atoms with van der Waals surface area (Å²) in [6.45, 7) is 4.81. The zero-order chi connectivity index (χ0) is 36.7. The van der Waals surface area contributed by atoms with Gasteiger partial charge in [0.25, 0.3) is 11.8 Å². The number of nitrogens with zero attached hydrogens (tertiary/aromatic N) is 2. The molecule has 4 N–H and O–H groups in total. The molecule has 0 unspecified atom stereocenters. The fourth-order valence-corrected chi connectivity index (χ4v) is 6.59. The maximum atomic E-state index is 14.0. The Morgan fingerprint density at radius 3 is 2.25 bits per heavy atom. The van der Waals surface area contributed by atoms with Crippen LogP contribution in [0.4, 0.5) is 9.59 Å². The van der Waals surface area contributed by atoms with Gasteiger partial charge in [-0.15, -0.1) is 11.8 Å². The quantitative estimate of drug-likeness (QED) is 0.0810. The molecule has 268 valence electrons. The van der Waals surface area contributed by atoms with Gasteiger partial charge in [0, 0.05) is 11.3 Å². The maximum absolute atomic E-state index is 14.0. The number of rotatable bonds is 12. The fraction of sp³-hybridized carbons (Fsp3) is 0.314. The second-order valence-corrected chi connectivity index (χ2v) is 13.4. The third-order valence-electron chi connectivity index (χ3n) is 7.44. The van der Waals surface area contributed by atoms with E-state index in [1.165, 1.54) is 35.9 Å². The molecule has 3 aromatic rings. The number of ether oxygens (including phenoxy) is 3. The van der Waals surface area contributed by atoms with Crippen molar-refractivity contribution in [3.05, 3.63) is 107 Å². The van der Waals surface area contributed by atoms with Crippen LogP contribution >= 0.6 is 11.8 Å². The smallest absolute Gasteiger partial charge is 0.408 e. The van der Waals surface area contributed by atoms with Crippen LogP contribution in [0, 0.1) is 0 Å². The van der Waals surface area contributed by atoms with Crippen LogP contribution in [0.25, 0.3) is 0 Å². The van der Waals surface area contributed by atoms with E-state index in [2.05, 4.69) is 15.8 Å². The number of amides is 4. The van der Waals surface area contributed by atoms with Gasteiger partial charge in [-0.05, 0) is 44.0 Å². The third kappa shape index (κ3) is 8.88. The number of carbonyl (C=O) groups excluding carboxylic acids is 5. The molecule has 0 saturated carbocycles. The van der Waals surface area contributed by atoms with Crippen molar-refractivity contribution in [1.29, 1.82) is 0 Å². The van der Waals surface area contributed by atoms with Crippen LogP contribution in [-0.2, 0) is 40.0 Å². The van der Waals surface area contributed by atoms with Crippen molar-refractivity contribution in [2.75, 3.05) is 19.5 Å². The Balaban J connectivity index is 1.33. The minimum Gasteiger partial charge on any atom is -0.457 e. The van der Waals surface area contributed by atoms with Gasteiger partial charge in [0.15, 0.2) is 11.9 Å². The van der Waals surface area contributed by atoms with E-state index in [1.54, 1.807) is 20.8 Å². The predicted molar refractivity (Wildman–Crippen MR) is 184 cm³/mol. The van der Waals surface area contributed by atoms with Crippen molar-refractivity contribution in [1.82, 2.24) is 15.5 Å². The molecular formula is C35H37N5O10S. The number of fused-ring (bicyclic) bond motifs is 1. The van der Waals surface area contributed by atoms with Gasteiger partial charge in [0.1, 0.15) is 42.2 Å². The lowest BCUT2D eigenvalue weighted by molar-refractivity contribution is -0.154. The molecule has 0 aliphatic carbocycles. The summed E-state index contributed by atoms with van der Waals surface area (Å²) in [7, 11) is 1.24. The minimum atomic E-state index is -1.08. The van der Waals surface area contributed by atoms with Crippen LogP contribution in [-0.4, -0.2) is 77.1 Å². The van der Waals surface area contributed by atoms with Crippen molar-refractivity contribution >= 4 is 47.4 Å². The highest BCUT2D eigenvalue weighted by molar-refractivity contribution is 8.00. The second kappa shape index (κ2) is 15.8. The molecule has 51 heavy (non-hydrogen) atoms. The predicted octanol–water partition coefficient (Wildman–Crippen LogP) is 3.74. The zero-order valence-electron chi connectivity index (χ0n) is 28.2. The number of nitrogens with two attached hydrogens (primary N) is 1. The van der Waals surface area contributed by atoms with Crippen molar-refractivity contribution in [2.45, 2.75) is 50.4 Å². The lowest BCUT2D eigenvalue weighted by Crippen LogP contribution is -2.71. The molecule has 15 nitrogen and oxygen atoms in total. The summed E-state index contributed by atoms with van der Waals surface area (Å²) in [4.78, 5) is 70.8. The first-order valence-electron chi connectivity index (χ1n) is 15.7. The first-order chi connectivity index (χ1) is 24.4. The summed E-state index contributed by atoms with van der Waals surface area (Å²) >= 11 is 1.24. The highest BCUT2D eigenvalue weighted by Crippen LogP contribution is 2.41. The fourth-order valence-electron chi connectivity index (χ4n) is 5.26. The number of nitrogens with one attached hydrogen (secondary N) is 2. The Hall–Kier alpha value is -5.77. The molecule has 2 aliphatic heterocycles. The largest absolute Gasteiger partial charge is 0.457 e. The summed E-state index contributed by atoms with van der Waals surface area (Å²) in [6, 6.07) is 20.1. The molecule has 2 atom stereocenters. The molecule has 2 aromatic carbocycles. The third-order valence-corrected chi connectivity index (χ3v) is 8.78. The number of thioether (sulfide) groups is 1. The normalized spacial score (nSPS) is 17.2. The van der Waals surface area contributed by atoms with Crippen LogP contribution in [0.2, 0.25) is 0 Å².